The van der Waals surface area contributed by atoms with Crippen LogP contribution < -0.4 is 15.0 Å². The van der Waals surface area contributed by atoms with Crippen LogP contribution >= 0.6 is 11.6 Å². The number of hydrogen-bond donors (Lipinski definition) is 1. The van der Waals surface area contributed by atoms with Gasteiger partial charge < -0.3 is 14.8 Å². The van der Waals surface area contributed by atoms with Crippen molar-refractivity contribution in [2.75, 3.05) is 11.4 Å². The first-order valence-electron chi connectivity index (χ1n) is 10.3. The molecule has 0 unspecified atom stereocenters. The Morgan fingerprint density at radius 3 is 2.50 bits per heavy atom. The number of ether oxygens (including phenoxy) is 2. The van der Waals surface area contributed by atoms with Crippen LogP contribution in [0.3, 0.4) is 0 Å². The molecule has 184 valence electrons. The van der Waals surface area contributed by atoms with Crippen LogP contribution in [-0.2, 0) is 16.0 Å². The lowest BCUT2D eigenvalue weighted by atomic mass is 9.94. The van der Waals surface area contributed by atoms with Crippen molar-refractivity contribution in [3.63, 3.8) is 0 Å². The summed E-state index contributed by atoms with van der Waals surface area (Å²) in [5.74, 6) is -1.84. The van der Waals surface area contributed by atoms with E-state index < -0.39 is 42.2 Å². The van der Waals surface area contributed by atoms with E-state index in [1.807, 2.05) is 0 Å². The van der Waals surface area contributed by atoms with Gasteiger partial charge in [0.05, 0.1) is 10.7 Å². The Kier molecular flexibility index (Phi) is 7.02. The van der Waals surface area contributed by atoms with Crippen molar-refractivity contribution in [1.82, 2.24) is 5.32 Å². The number of alkyl carbamates (subject to hydrolysis) is 1. The summed E-state index contributed by atoms with van der Waals surface area (Å²) in [5, 5.41) is 2.39. The van der Waals surface area contributed by atoms with Gasteiger partial charge >= 0.3 is 12.3 Å². The van der Waals surface area contributed by atoms with Gasteiger partial charge in [0.1, 0.15) is 29.8 Å². The normalized spacial score (nSPS) is 16.2. The lowest BCUT2D eigenvalue weighted by Gasteiger charge is -2.36. The van der Waals surface area contributed by atoms with E-state index in [0.29, 0.717) is 16.0 Å². The first kappa shape index (κ1) is 25.6. The van der Waals surface area contributed by atoms with Crippen LogP contribution in [-0.4, -0.2) is 36.4 Å². The number of benzene rings is 2. The van der Waals surface area contributed by atoms with Gasteiger partial charge in [0.25, 0.3) is 0 Å². The van der Waals surface area contributed by atoms with Crippen LogP contribution in [0.25, 0.3) is 0 Å². The summed E-state index contributed by atoms with van der Waals surface area (Å²) in [6, 6.07) is 5.19. The van der Waals surface area contributed by atoms with E-state index in [2.05, 4.69) is 5.32 Å². The molecule has 34 heavy (non-hydrogen) atoms. The van der Waals surface area contributed by atoms with E-state index in [0.717, 1.165) is 12.1 Å². The third-order valence-corrected chi connectivity index (χ3v) is 5.12. The molecule has 1 heterocycles. The molecule has 0 spiro atoms. The molecule has 11 heteroatoms. The Morgan fingerprint density at radius 1 is 1.21 bits per heavy atom. The third-order valence-electron chi connectivity index (χ3n) is 4.80. The van der Waals surface area contributed by atoms with E-state index in [1.165, 1.54) is 6.07 Å². The highest BCUT2D eigenvalue weighted by Gasteiger charge is 2.42. The van der Waals surface area contributed by atoms with Crippen molar-refractivity contribution in [1.29, 1.82) is 0 Å². The highest BCUT2D eigenvalue weighted by Crippen LogP contribution is 2.44. The quantitative estimate of drug-likeness (QED) is 0.527. The van der Waals surface area contributed by atoms with E-state index in [9.17, 15) is 27.2 Å². The molecule has 0 saturated heterocycles. The van der Waals surface area contributed by atoms with Crippen molar-refractivity contribution in [3.05, 3.63) is 52.3 Å². The Bertz CT molecular complexity index is 1120. The molecule has 2 aromatic rings. The number of rotatable bonds is 4. The zero-order chi connectivity index (χ0) is 25.4. The van der Waals surface area contributed by atoms with Crippen molar-refractivity contribution >= 4 is 29.3 Å². The fourth-order valence-corrected chi connectivity index (χ4v) is 3.63. The minimum atomic E-state index is -4.75. The molecule has 1 atom stereocenters. The number of halogens is 5. The van der Waals surface area contributed by atoms with Gasteiger partial charge in [-0.3, -0.25) is 9.69 Å². The Balaban J connectivity index is 2.06. The maximum Gasteiger partial charge on any atom is 0.408 e. The maximum absolute atomic E-state index is 13.7. The maximum atomic E-state index is 13.7. The number of carbonyl (C=O) groups is 2. The molecule has 1 aliphatic heterocycles. The second-order valence-corrected chi connectivity index (χ2v) is 9.25. The predicted octanol–water partition coefficient (Wildman–Crippen LogP) is 5.92. The van der Waals surface area contributed by atoms with E-state index in [4.69, 9.17) is 21.1 Å². The van der Waals surface area contributed by atoms with Gasteiger partial charge in [-0.05, 0) is 51.0 Å². The molecular formula is C23H23ClF4N2O4. The number of carbonyl (C=O) groups excluding carboxylic acids is 2. The lowest BCUT2D eigenvalue weighted by molar-refractivity contribution is -0.134. The first-order chi connectivity index (χ1) is 15.6. The van der Waals surface area contributed by atoms with E-state index in [1.54, 1.807) is 39.8 Å². The third kappa shape index (κ3) is 6.11. The van der Waals surface area contributed by atoms with Gasteiger partial charge in [0.15, 0.2) is 5.75 Å². The largest absolute Gasteiger partial charge is 0.453 e. The Labute approximate surface area is 198 Å². The summed E-state index contributed by atoms with van der Waals surface area (Å²) in [7, 11) is 0. The molecule has 0 aliphatic carbocycles. The number of alkyl halides is 3. The second kappa shape index (κ2) is 9.32. The summed E-state index contributed by atoms with van der Waals surface area (Å²) >= 11 is 6.07. The summed E-state index contributed by atoms with van der Waals surface area (Å²) < 4.78 is 65.1. The molecular weight excluding hydrogens is 480 g/mol. The highest BCUT2D eigenvalue weighted by molar-refractivity contribution is 6.32. The molecule has 1 aliphatic rings. The van der Waals surface area contributed by atoms with Gasteiger partial charge in [0.2, 0.25) is 5.91 Å². The van der Waals surface area contributed by atoms with Crippen LogP contribution in [0.15, 0.2) is 30.3 Å². The smallest absolute Gasteiger partial charge is 0.408 e. The summed E-state index contributed by atoms with van der Waals surface area (Å²) in [5.41, 5.74) is -0.270. The molecule has 6 nitrogen and oxygen atoms in total. The SMILES string of the molecule is Cc1ccc2c(c1Oc1cc(F)ccc1Cl)N(CC(F)(F)F)C(=O)[C@H](NC(=O)OC(C)(C)C)C2. The number of aryl methyl sites for hydroxylation is 1. The number of nitrogens with one attached hydrogen (secondary N) is 1. The Hall–Kier alpha value is -3.01. The van der Waals surface area contributed by atoms with Crippen molar-refractivity contribution < 1.29 is 36.6 Å². The molecule has 0 aromatic heterocycles. The van der Waals surface area contributed by atoms with Crippen LogP contribution in [0.5, 0.6) is 11.5 Å². The number of hydrogen-bond acceptors (Lipinski definition) is 4. The van der Waals surface area contributed by atoms with Gasteiger partial charge in [-0.25, -0.2) is 9.18 Å². The van der Waals surface area contributed by atoms with Gasteiger partial charge in [0, 0.05) is 12.5 Å². The van der Waals surface area contributed by atoms with E-state index >= 15 is 0 Å². The molecule has 0 radical (unpaired) electrons. The van der Waals surface area contributed by atoms with Crippen LogP contribution in [0.4, 0.5) is 28.0 Å². The lowest BCUT2D eigenvalue weighted by Crippen LogP contribution is -2.55. The molecule has 0 saturated carbocycles. The van der Waals surface area contributed by atoms with Gasteiger partial charge in [-0.1, -0.05) is 23.7 Å². The highest BCUT2D eigenvalue weighted by atomic mass is 35.5. The fraction of sp³-hybridized carbons (Fsp3) is 0.391. The minimum absolute atomic E-state index is 0.0346. The first-order valence-corrected chi connectivity index (χ1v) is 10.7. The Morgan fingerprint density at radius 2 is 1.88 bits per heavy atom. The zero-order valence-corrected chi connectivity index (χ0v) is 19.6. The molecule has 2 aromatic carbocycles. The predicted molar refractivity (Wildman–Crippen MR) is 118 cm³/mol. The molecule has 0 bridgehead atoms. The summed E-state index contributed by atoms with van der Waals surface area (Å²) in [6.45, 7) is 4.80. The van der Waals surface area contributed by atoms with Gasteiger partial charge in [-0.2, -0.15) is 13.2 Å². The average Bonchev–Trinajstić information content (AvgIpc) is 2.67. The van der Waals surface area contributed by atoms with Crippen molar-refractivity contribution in [2.45, 2.75) is 51.9 Å². The van der Waals surface area contributed by atoms with Gasteiger partial charge in [-0.15, -0.1) is 0 Å². The van der Waals surface area contributed by atoms with Crippen molar-refractivity contribution in [2.24, 2.45) is 0 Å². The number of amides is 2. The number of anilines is 1. The van der Waals surface area contributed by atoms with E-state index in [-0.39, 0.29) is 28.6 Å². The average molecular weight is 503 g/mol. The number of nitrogens with zero attached hydrogens (tertiary/aromatic N) is 1. The summed E-state index contributed by atoms with van der Waals surface area (Å²) in [6.07, 6.45) is -5.79. The fourth-order valence-electron chi connectivity index (χ4n) is 3.47. The molecule has 0 fully saturated rings. The monoisotopic (exact) mass is 502 g/mol. The topological polar surface area (TPSA) is 67.9 Å². The zero-order valence-electron chi connectivity index (χ0n) is 18.8. The van der Waals surface area contributed by atoms with Crippen LogP contribution in [0.2, 0.25) is 5.02 Å². The molecule has 1 N–H and O–H groups in total. The molecule has 2 amide bonds. The molecule has 3 rings (SSSR count). The summed E-state index contributed by atoms with van der Waals surface area (Å²) in [4.78, 5) is 25.8. The standard InChI is InChI=1S/C23H23ClF4N2O4/c1-12-5-6-13-9-16(29-21(32)34-22(2,3)4)20(31)30(11-23(26,27)28)18(13)19(12)33-17-10-14(25)7-8-15(17)24/h5-8,10,16H,9,11H2,1-4H3,(H,29,32)/t16-/m1/s1. The number of fused-ring (bicyclic) bond motifs is 1. The second-order valence-electron chi connectivity index (χ2n) is 8.84. The van der Waals surface area contributed by atoms with Crippen molar-refractivity contribution in [3.8, 4) is 11.5 Å². The minimum Gasteiger partial charge on any atom is -0.453 e. The van der Waals surface area contributed by atoms with Crippen LogP contribution in [0.1, 0.15) is 31.9 Å². The van der Waals surface area contributed by atoms with Crippen LogP contribution in [0, 0.1) is 12.7 Å².